The van der Waals surface area contributed by atoms with E-state index >= 15 is 0 Å². The van der Waals surface area contributed by atoms with Gasteiger partial charge in [0.05, 0.1) is 0 Å². The zero-order valence-electron chi connectivity index (χ0n) is 9.53. The molecule has 0 aliphatic heterocycles. The molecule has 0 atom stereocenters. The number of thioether (sulfide) groups is 1. The molecule has 0 amide bonds. The van der Waals surface area contributed by atoms with Crippen molar-refractivity contribution in [3.63, 3.8) is 0 Å². The molecule has 0 radical (unpaired) electrons. The van der Waals surface area contributed by atoms with Gasteiger partial charge >= 0.3 is 0 Å². The maximum Gasteiger partial charge on any atom is 0.181 e. The molecule has 1 N–H and O–H groups in total. The third-order valence-corrected chi connectivity index (χ3v) is 3.11. The van der Waals surface area contributed by atoms with Gasteiger partial charge in [0.2, 0.25) is 0 Å². The Bertz CT molecular complexity index is 448. The van der Waals surface area contributed by atoms with Crippen molar-refractivity contribution in [3.8, 4) is 11.4 Å². The van der Waals surface area contributed by atoms with Gasteiger partial charge in [0, 0.05) is 16.9 Å². The summed E-state index contributed by atoms with van der Waals surface area (Å²) in [6, 6.07) is 8.31. The van der Waals surface area contributed by atoms with E-state index in [0.717, 1.165) is 30.1 Å². The predicted molar refractivity (Wildman–Crippen MR) is 67.6 cm³/mol. The Morgan fingerprint density at radius 2 is 2.00 bits per heavy atom. The van der Waals surface area contributed by atoms with Crippen LogP contribution in [0, 0.1) is 0 Å². The molecule has 2 rings (SSSR count). The van der Waals surface area contributed by atoms with Gasteiger partial charge < -0.3 is 0 Å². The number of nitrogens with zero attached hydrogens (tertiary/aromatic N) is 2. The van der Waals surface area contributed by atoms with E-state index in [-0.39, 0.29) is 0 Å². The van der Waals surface area contributed by atoms with E-state index in [1.807, 2.05) is 0 Å². The van der Waals surface area contributed by atoms with Crippen molar-refractivity contribution in [2.24, 2.45) is 0 Å². The molecule has 1 heterocycles. The highest BCUT2D eigenvalue weighted by molar-refractivity contribution is 7.98. The lowest BCUT2D eigenvalue weighted by atomic mass is 10.2. The van der Waals surface area contributed by atoms with E-state index in [1.165, 1.54) is 4.90 Å². The van der Waals surface area contributed by atoms with Crippen LogP contribution >= 0.6 is 11.8 Å². The second-order valence-electron chi connectivity index (χ2n) is 3.58. The summed E-state index contributed by atoms with van der Waals surface area (Å²) in [6.07, 6.45) is 4.11. The van der Waals surface area contributed by atoms with Crippen LogP contribution in [0.3, 0.4) is 0 Å². The quantitative estimate of drug-likeness (QED) is 0.825. The van der Waals surface area contributed by atoms with Crippen LogP contribution in [0.15, 0.2) is 29.2 Å². The molecule has 0 saturated heterocycles. The van der Waals surface area contributed by atoms with E-state index < -0.39 is 0 Å². The van der Waals surface area contributed by atoms with Gasteiger partial charge in [-0.1, -0.05) is 19.1 Å². The maximum absolute atomic E-state index is 4.45. The topological polar surface area (TPSA) is 41.6 Å². The third-order valence-electron chi connectivity index (χ3n) is 2.37. The van der Waals surface area contributed by atoms with Crippen molar-refractivity contribution in [2.45, 2.75) is 24.7 Å². The number of hydrogen-bond donors (Lipinski definition) is 1. The SMILES string of the molecule is CCCc1nc(-c2ccc(SC)cc2)n[nH]1. The Morgan fingerprint density at radius 1 is 1.25 bits per heavy atom. The minimum atomic E-state index is 0.788. The largest absolute Gasteiger partial charge is 0.263 e. The third kappa shape index (κ3) is 2.44. The van der Waals surface area contributed by atoms with E-state index in [1.54, 1.807) is 11.8 Å². The molecule has 0 saturated carbocycles. The zero-order chi connectivity index (χ0) is 11.4. The average Bonchev–Trinajstić information content (AvgIpc) is 2.78. The van der Waals surface area contributed by atoms with Gasteiger partial charge in [-0.25, -0.2) is 4.98 Å². The van der Waals surface area contributed by atoms with Crippen molar-refractivity contribution >= 4 is 11.8 Å². The Balaban J connectivity index is 2.21. The number of benzene rings is 1. The van der Waals surface area contributed by atoms with Gasteiger partial charge in [0.1, 0.15) is 5.82 Å². The average molecular weight is 233 g/mol. The van der Waals surface area contributed by atoms with Crippen LogP contribution in [-0.4, -0.2) is 21.4 Å². The lowest BCUT2D eigenvalue weighted by molar-refractivity contribution is 0.841. The molecule has 0 bridgehead atoms. The summed E-state index contributed by atoms with van der Waals surface area (Å²) in [5.41, 5.74) is 1.07. The van der Waals surface area contributed by atoms with Crippen LogP contribution in [0.2, 0.25) is 0 Å². The first-order valence-corrected chi connectivity index (χ1v) is 6.61. The van der Waals surface area contributed by atoms with Crippen molar-refractivity contribution < 1.29 is 0 Å². The fourth-order valence-corrected chi connectivity index (χ4v) is 1.92. The highest BCUT2D eigenvalue weighted by Gasteiger charge is 2.04. The number of hydrogen-bond acceptors (Lipinski definition) is 3. The minimum absolute atomic E-state index is 0.788. The summed E-state index contributed by atoms with van der Waals surface area (Å²) in [6.45, 7) is 2.13. The second-order valence-corrected chi connectivity index (χ2v) is 4.46. The number of aromatic nitrogens is 3. The van der Waals surface area contributed by atoms with Gasteiger partial charge in [0.25, 0.3) is 0 Å². The van der Waals surface area contributed by atoms with Crippen molar-refractivity contribution in [1.82, 2.24) is 15.2 Å². The number of H-pyrrole nitrogens is 1. The summed E-state index contributed by atoms with van der Waals surface area (Å²) in [5.74, 6) is 1.75. The summed E-state index contributed by atoms with van der Waals surface area (Å²) < 4.78 is 0. The summed E-state index contributed by atoms with van der Waals surface area (Å²) >= 11 is 1.74. The maximum atomic E-state index is 4.45. The van der Waals surface area contributed by atoms with Gasteiger partial charge in [-0.05, 0) is 24.8 Å². The van der Waals surface area contributed by atoms with Gasteiger partial charge in [0.15, 0.2) is 5.82 Å². The minimum Gasteiger partial charge on any atom is -0.263 e. The van der Waals surface area contributed by atoms with Crippen molar-refractivity contribution in [3.05, 3.63) is 30.1 Å². The first-order valence-electron chi connectivity index (χ1n) is 5.39. The fraction of sp³-hybridized carbons (Fsp3) is 0.333. The molecule has 1 aromatic heterocycles. The van der Waals surface area contributed by atoms with Crippen LogP contribution in [0.5, 0.6) is 0 Å². The molecule has 4 heteroatoms. The van der Waals surface area contributed by atoms with Crippen LogP contribution in [0.4, 0.5) is 0 Å². The Morgan fingerprint density at radius 3 is 2.62 bits per heavy atom. The molecule has 0 unspecified atom stereocenters. The molecule has 84 valence electrons. The molecule has 3 nitrogen and oxygen atoms in total. The summed E-state index contributed by atoms with van der Waals surface area (Å²) in [4.78, 5) is 5.71. The number of rotatable bonds is 4. The van der Waals surface area contributed by atoms with Gasteiger partial charge in [-0.2, -0.15) is 5.10 Å². The Hall–Kier alpha value is -1.29. The van der Waals surface area contributed by atoms with Crippen molar-refractivity contribution in [2.75, 3.05) is 6.26 Å². The van der Waals surface area contributed by atoms with Crippen LogP contribution < -0.4 is 0 Å². The monoisotopic (exact) mass is 233 g/mol. The normalized spacial score (nSPS) is 10.6. The highest BCUT2D eigenvalue weighted by Crippen LogP contribution is 2.20. The van der Waals surface area contributed by atoms with E-state index in [0.29, 0.717) is 0 Å². The first-order chi connectivity index (χ1) is 7.83. The predicted octanol–water partition coefficient (Wildman–Crippen LogP) is 3.15. The molecular formula is C12H15N3S. The smallest absolute Gasteiger partial charge is 0.181 e. The number of aryl methyl sites for hydroxylation is 1. The zero-order valence-corrected chi connectivity index (χ0v) is 10.3. The van der Waals surface area contributed by atoms with E-state index in [9.17, 15) is 0 Å². The molecule has 0 aliphatic rings. The van der Waals surface area contributed by atoms with Crippen LogP contribution in [0.1, 0.15) is 19.2 Å². The van der Waals surface area contributed by atoms with Gasteiger partial charge in [-0.3, -0.25) is 5.10 Å². The van der Waals surface area contributed by atoms with E-state index in [4.69, 9.17) is 0 Å². The Labute approximate surface area is 99.7 Å². The molecule has 0 fully saturated rings. The number of aromatic amines is 1. The molecular weight excluding hydrogens is 218 g/mol. The molecule has 0 aliphatic carbocycles. The Kier molecular flexibility index (Phi) is 3.62. The number of nitrogens with one attached hydrogen (secondary N) is 1. The molecule has 2 aromatic rings. The second kappa shape index (κ2) is 5.16. The molecule has 0 spiro atoms. The van der Waals surface area contributed by atoms with Crippen LogP contribution in [-0.2, 0) is 6.42 Å². The fourth-order valence-electron chi connectivity index (χ4n) is 1.51. The van der Waals surface area contributed by atoms with Crippen molar-refractivity contribution in [1.29, 1.82) is 0 Å². The standard InChI is InChI=1S/C12H15N3S/c1-3-4-11-13-12(15-14-11)9-5-7-10(16-2)8-6-9/h5-8H,3-4H2,1-2H3,(H,13,14,15). The first kappa shape index (κ1) is 11.2. The molecule has 16 heavy (non-hydrogen) atoms. The highest BCUT2D eigenvalue weighted by atomic mass is 32.2. The van der Waals surface area contributed by atoms with Gasteiger partial charge in [-0.15, -0.1) is 11.8 Å². The van der Waals surface area contributed by atoms with E-state index in [2.05, 4.69) is 52.6 Å². The summed E-state index contributed by atoms with van der Waals surface area (Å²) in [7, 11) is 0. The molecule has 1 aromatic carbocycles. The summed E-state index contributed by atoms with van der Waals surface area (Å²) in [5, 5.41) is 7.19. The lowest BCUT2D eigenvalue weighted by Crippen LogP contribution is -1.85. The lowest BCUT2D eigenvalue weighted by Gasteiger charge is -1.97. The van der Waals surface area contributed by atoms with Crippen LogP contribution in [0.25, 0.3) is 11.4 Å².